The van der Waals surface area contributed by atoms with Crippen molar-refractivity contribution < 1.29 is 17.9 Å². The summed E-state index contributed by atoms with van der Waals surface area (Å²) in [6.45, 7) is 6.28. The van der Waals surface area contributed by atoms with Crippen molar-refractivity contribution in [1.82, 2.24) is 9.21 Å². The predicted octanol–water partition coefficient (Wildman–Crippen LogP) is 3.72. The molecule has 7 nitrogen and oxygen atoms in total. The molecule has 1 amide bonds. The van der Waals surface area contributed by atoms with Crippen molar-refractivity contribution in [2.75, 3.05) is 26.2 Å². The third kappa shape index (κ3) is 5.25. The number of piperazine rings is 1. The van der Waals surface area contributed by atoms with Gasteiger partial charge in [0.2, 0.25) is 15.9 Å². The number of hydrogen-bond donors (Lipinski definition) is 0. The van der Waals surface area contributed by atoms with Crippen LogP contribution in [-0.4, -0.2) is 49.7 Å². The number of sulfonamides is 1. The smallest absolute Gasteiger partial charge is 0.246 e. The van der Waals surface area contributed by atoms with Crippen molar-refractivity contribution in [1.29, 1.82) is 5.26 Å². The van der Waals surface area contributed by atoms with Crippen LogP contribution in [0.25, 0.3) is 0 Å². The molecule has 9 heteroatoms. The van der Waals surface area contributed by atoms with Gasteiger partial charge in [-0.2, -0.15) is 9.57 Å². The van der Waals surface area contributed by atoms with Crippen molar-refractivity contribution >= 4 is 27.5 Å². The Bertz CT molecular complexity index is 1130. The molecule has 0 atom stereocenters. The first kappa shape index (κ1) is 22.8. The quantitative estimate of drug-likeness (QED) is 0.614. The molecule has 0 spiro atoms. The average molecular weight is 460 g/mol. The number of benzene rings is 2. The SMILES string of the molecule is C=CCC(=O)N1CCN(S(=O)(=O)c2cc(C#N)ccc2Oc2cc(C)cc(Cl)c2)CC1. The van der Waals surface area contributed by atoms with Crippen molar-refractivity contribution in [2.45, 2.75) is 18.2 Å². The number of nitriles is 1. The number of amides is 1. The first-order valence-corrected chi connectivity index (χ1v) is 11.4. The topological polar surface area (TPSA) is 90.7 Å². The molecular formula is C22H22ClN3O4S. The monoisotopic (exact) mass is 459 g/mol. The van der Waals surface area contributed by atoms with Crippen LogP contribution in [0.15, 0.2) is 53.9 Å². The molecule has 2 aromatic rings. The van der Waals surface area contributed by atoms with Crippen LogP contribution in [0.2, 0.25) is 5.02 Å². The molecule has 1 aliphatic rings. The van der Waals surface area contributed by atoms with E-state index < -0.39 is 10.0 Å². The molecule has 0 radical (unpaired) electrons. The zero-order chi connectivity index (χ0) is 22.6. The van der Waals surface area contributed by atoms with E-state index in [2.05, 4.69) is 6.58 Å². The number of carbonyl (C=O) groups excluding carboxylic acids is 1. The molecule has 1 aliphatic heterocycles. The van der Waals surface area contributed by atoms with Gasteiger partial charge in [0.05, 0.1) is 11.6 Å². The lowest BCUT2D eigenvalue weighted by molar-refractivity contribution is -0.131. The summed E-state index contributed by atoms with van der Waals surface area (Å²) in [5.41, 5.74) is 1.06. The molecule has 2 aromatic carbocycles. The highest BCUT2D eigenvalue weighted by atomic mass is 35.5. The molecule has 0 aromatic heterocycles. The fourth-order valence-corrected chi connectivity index (χ4v) is 5.16. The minimum absolute atomic E-state index is 0.0844. The van der Waals surface area contributed by atoms with E-state index in [1.807, 2.05) is 13.0 Å². The number of halogens is 1. The summed E-state index contributed by atoms with van der Waals surface area (Å²) < 4.78 is 34.0. The standard InChI is InChI=1S/C22H22ClN3O4S/c1-3-4-22(27)25-7-9-26(10-8-25)31(28,29)21-13-17(15-24)5-6-20(21)30-19-12-16(2)11-18(23)14-19/h3,5-6,11-14H,1,4,7-10H2,2H3. The van der Waals surface area contributed by atoms with Gasteiger partial charge in [0, 0.05) is 37.6 Å². The van der Waals surface area contributed by atoms with Crippen LogP contribution in [0.1, 0.15) is 17.5 Å². The number of carbonyl (C=O) groups is 1. The molecule has 1 saturated heterocycles. The molecule has 0 saturated carbocycles. The normalized spacial score (nSPS) is 14.7. The van der Waals surface area contributed by atoms with Crippen molar-refractivity contribution in [2.24, 2.45) is 0 Å². The number of nitrogens with zero attached hydrogens (tertiary/aromatic N) is 3. The maximum absolute atomic E-state index is 13.4. The molecule has 0 N–H and O–H groups in total. The zero-order valence-electron chi connectivity index (χ0n) is 17.0. The molecule has 0 bridgehead atoms. The van der Waals surface area contributed by atoms with Crippen LogP contribution in [0.5, 0.6) is 11.5 Å². The van der Waals surface area contributed by atoms with E-state index in [4.69, 9.17) is 16.3 Å². The second-order valence-corrected chi connectivity index (χ2v) is 9.46. The molecule has 0 aliphatic carbocycles. The number of ether oxygens (including phenoxy) is 1. The first-order chi connectivity index (χ1) is 14.7. The van der Waals surface area contributed by atoms with Crippen LogP contribution >= 0.6 is 11.6 Å². The lowest BCUT2D eigenvalue weighted by atomic mass is 10.2. The Kier molecular flexibility index (Phi) is 7.01. The highest BCUT2D eigenvalue weighted by Crippen LogP contribution is 2.33. The largest absolute Gasteiger partial charge is 0.456 e. The Morgan fingerprint density at radius 2 is 1.94 bits per heavy atom. The molecule has 1 heterocycles. The summed E-state index contributed by atoms with van der Waals surface area (Å²) >= 11 is 6.09. The summed E-state index contributed by atoms with van der Waals surface area (Å²) in [6.07, 6.45) is 1.74. The van der Waals surface area contributed by atoms with Gasteiger partial charge >= 0.3 is 0 Å². The van der Waals surface area contributed by atoms with Crippen LogP contribution in [0.4, 0.5) is 0 Å². The summed E-state index contributed by atoms with van der Waals surface area (Å²) in [5.74, 6) is 0.413. The van der Waals surface area contributed by atoms with Crippen molar-refractivity contribution in [3.05, 3.63) is 65.2 Å². The molecule has 162 valence electrons. The lowest BCUT2D eigenvalue weighted by Crippen LogP contribution is -2.50. The molecule has 1 fully saturated rings. The lowest BCUT2D eigenvalue weighted by Gasteiger charge is -2.34. The van der Waals surface area contributed by atoms with Crippen LogP contribution < -0.4 is 4.74 Å². The van der Waals surface area contributed by atoms with Gasteiger partial charge in [0.15, 0.2) is 0 Å². The number of aryl methyl sites for hydroxylation is 1. The number of hydrogen-bond acceptors (Lipinski definition) is 5. The van der Waals surface area contributed by atoms with Crippen LogP contribution in [0.3, 0.4) is 0 Å². The molecule has 0 unspecified atom stereocenters. The Hall–Kier alpha value is -2.86. The van der Waals surface area contributed by atoms with Gasteiger partial charge in [-0.1, -0.05) is 17.7 Å². The van der Waals surface area contributed by atoms with Gasteiger partial charge in [-0.05, 0) is 48.9 Å². The zero-order valence-corrected chi connectivity index (χ0v) is 18.6. The first-order valence-electron chi connectivity index (χ1n) is 9.62. The summed E-state index contributed by atoms with van der Waals surface area (Å²) in [7, 11) is -3.96. The van der Waals surface area contributed by atoms with Gasteiger partial charge in [-0.25, -0.2) is 8.42 Å². The second-order valence-electron chi connectivity index (χ2n) is 7.12. The van der Waals surface area contributed by atoms with Crippen LogP contribution in [-0.2, 0) is 14.8 Å². The van der Waals surface area contributed by atoms with E-state index in [0.29, 0.717) is 10.8 Å². The highest BCUT2D eigenvalue weighted by molar-refractivity contribution is 7.89. The van der Waals surface area contributed by atoms with Gasteiger partial charge in [-0.15, -0.1) is 6.58 Å². The van der Waals surface area contributed by atoms with E-state index in [9.17, 15) is 18.5 Å². The summed E-state index contributed by atoms with van der Waals surface area (Å²) in [6, 6.07) is 11.3. The Balaban J connectivity index is 1.90. The average Bonchev–Trinajstić information content (AvgIpc) is 2.73. The Labute approximate surface area is 187 Å². The molecule has 31 heavy (non-hydrogen) atoms. The van der Waals surface area contributed by atoms with Crippen molar-refractivity contribution in [3.63, 3.8) is 0 Å². The third-order valence-electron chi connectivity index (χ3n) is 4.84. The summed E-state index contributed by atoms with van der Waals surface area (Å²) in [5, 5.41) is 9.74. The molecule has 3 rings (SSSR count). The third-order valence-corrected chi connectivity index (χ3v) is 6.98. The van der Waals surface area contributed by atoms with Gasteiger partial charge in [0.25, 0.3) is 0 Å². The minimum atomic E-state index is -3.96. The second kappa shape index (κ2) is 9.52. The number of rotatable bonds is 6. The minimum Gasteiger partial charge on any atom is -0.456 e. The van der Waals surface area contributed by atoms with E-state index in [1.165, 1.54) is 28.6 Å². The molecular weight excluding hydrogens is 438 g/mol. The highest BCUT2D eigenvalue weighted by Gasteiger charge is 2.32. The maximum atomic E-state index is 13.4. The maximum Gasteiger partial charge on any atom is 0.246 e. The predicted molar refractivity (Wildman–Crippen MR) is 118 cm³/mol. The van der Waals surface area contributed by atoms with E-state index in [-0.39, 0.29) is 54.7 Å². The van der Waals surface area contributed by atoms with E-state index in [0.717, 1.165) is 5.56 Å². The van der Waals surface area contributed by atoms with E-state index >= 15 is 0 Å². The van der Waals surface area contributed by atoms with Crippen molar-refractivity contribution in [3.8, 4) is 17.6 Å². The summed E-state index contributed by atoms with van der Waals surface area (Å²) in [4.78, 5) is 13.6. The van der Waals surface area contributed by atoms with E-state index in [1.54, 1.807) is 23.1 Å². The van der Waals surface area contributed by atoms with Gasteiger partial charge in [-0.3, -0.25) is 4.79 Å². The fourth-order valence-electron chi connectivity index (χ4n) is 3.32. The Morgan fingerprint density at radius 1 is 1.23 bits per heavy atom. The Morgan fingerprint density at radius 3 is 2.55 bits per heavy atom. The van der Waals surface area contributed by atoms with Gasteiger partial charge < -0.3 is 9.64 Å². The van der Waals surface area contributed by atoms with Crippen LogP contribution in [0, 0.1) is 18.3 Å². The fraction of sp³-hybridized carbons (Fsp3) is 0.273. The van der Waals surface area contributed by atoms with Gasteiger partial charge in [0.1, 0.15) is 16.4 Å².